The van der Waals surface area contributed by atoms with Crippen LogP contribution in [-0.2, 0) is 12.8 Å². The number of benzene rings is 1. The highest BCUT2D eigenvalue weighted by Crippen LogP contribution is 2.36. The summed E-state index contributed by atoms with van der Waals surface area (Å²) in [5.74, 6) is 4.06. The third kappa shape index (κ3) is 15.0. The minimum Gasteiger partial charge on any atom is -0.0654 e. The molecule has 1 aromatic rings. The summed E-state index contributed by atoms with van der Waals surface area (Å²) in [6.07, 6.45) is 40.9. The molecule has 2 saturated carbocycles. The fraction of sp³-hybridized carbons (Fsp3) is 0.854. The van der Waals surface area contributed by atoms with Crippen LogP contribution in [0.3, 0.4) is 0 Å². The van der Waals surface area contributed by atoms with Gasteiger partial charge in [0.05, 0.1) is 0 Å². The molecular weight excluding hydrogens is 492 g/mol. The lowest BCUT2D eigenvalue weighted by molar-refractivity contribution is 0.248. The standard InChI is InChI=1S/C41H72/c1-4-6-8-10-12-14-16-18-36-20-24-38(25-21-36)28-29-40-31-33-41(35(3)34-40)32-30-39-26-22-37(23-27-39)19-17-15-13-11-9-7-5-2/h31,33-34,36-39H,4-30,32H2,1-3H3. The maximum absolute atomic E-state index is 2.54. The second kappa shape index (κ2) is 21.8. The first-order chi connectivity index (χ1) is 20.2. The van der Waals surface area contributed by atoms with E-state index in [0.717, 1.165) is 23.7 Å². The quantitative estimate of drug-likeness (QED) is 0.123. The monoisotopic (exact) mass is 565 g/mol. The number of aryl methyl sites for hydroxylation is 3. The molecule has 0 amide bonds. The van der Waals surface area contributed by atoms with E-state index in [1.165, 1.54) is 180 Å². The van der Waals surface area contributed by atoms with E-state index in [9.17, 15) is 0 Å². The molecular formula is C41H72. The highest BCUT2D eigenvalue weighted by Gasteiger charge is 2.22. The predicted molar refractivity (Wildman–Crippen MR) is 184 cm³/mol. The van der Waals surface area contributed by atoms with Crippen molar-refractivity contribution in [3.05, 3.63) is 34.9 Å². The van der Waals surface area contributed by atoms with Gasteiger partial charge in [-0.2, -0.15) is 0 Å². The second-order valence-electron chi connectivity index (χ2n) is 14.9. The molecule has 1 aromatic carbocycles. The summed E-state index contributed by atoms with van der Waals surface area (Å²) >= 11 is 0. The summed E-state index contributed by atoms with van der Waals surface area (Å²) in [7, 11) is 0. The van der Waals surface area contributed by atoms with Crippen LogP contribution in [0.1, 0.15) is 197 Å². The van der Waals surface area contributed by atoms with Crippen LogP contribution < -0.4 is 0 Å². The largest absolute Gasteiger partial charge is 0.0654 e. The van der Waals surface area contributed by atoms with Gasteiger partial charge in [0, 0.05) is 0 Å². The van der Waals surface area contributed by atoms with Gasteiger partial charge in [-0.3, -0.25) is 0 Å². The van der Waals surface area contributed by atoms with Crippen molar-refractivity contribution >= 4 is 0 Å². The molecule has 236 valence electrons. The highest BCUT2D eigenvalue weighted by molar-refractivity contribution is 5.31. The highest BCUT2D eigenvalue weighted by atomic mass is 14.3. The van der Waals surface area contributed by atoms with Crippen molar-refractivity contribution in [3.8, 4) is 0 Å². The van der Waals surface area contributed by atoms with Crippen molar-refractivity contribution in [1.82, 2.24) is 0 Å². The molecule has 0 unspecified atom stereocenters. The summed E-state index contributed by atoms with van der Waals surface area (Å²) in [5.41, 5.74) is 4.79. The molecule has 3 rings (SSSR count). The Labute approximate surface area is 258 Å². The zero-order chi connectivity index (χ0) is 29.0. The van der Waals surface area contributed by atoms with Crippen LogP contribution in [0.25, 0.3) is 0 Å². The first-order valence-electron chi connectivity index (χ1n) is 19.3. The third-order valence-corrected chi connectivity index (χ3v) is 11.4. The molecule has 2 aliphatic carbocycles. The van der Waals surface area contributed by atoms with Gasteiger partial charge in [-0.1, -0.05) is 186 Å². The van der Waals surface area contributed by atoms with Crippen LogP contribution in [0, 0.1) is 30.6 Å². The van der Waals surface area contributed by atoms with Gasteiger partial charge in [-0.05, 0) is 73.0 Å². The fourth-order valence-electron chi connectivity index (χ4n) is 8.32. The lowest BCUT2D eigenvalue weighted by Gasteiger charge is -2.29. The van der Waals surface area contributed by atoms with Crippen LogP contribution in [0.4, 0.5) is 0 Å². The second-order valence-corrected chi connectivity index (χ2v) is 14.9. The van der Waals surface area contributed by atoms with E-state index in [0.29, 0.717) is 0 Å². The first-order valence-corrected chi connectivity index (χ1v) is 19.3. The Balaban J connectivity index is 1.22. The molecule has 0 bridgehead atoms. The van der Waals surface area contributed by atoms with Crippen LogP contribution in [0.15, 0.2) is 18.2 Å². The van der Waals surface area contributed by atoms with Crippen LogP contribution in [-0.4, -0.2) is 0 Å². The van der Waals surface area contributed by atoms with Gasteiger partial charge in [0.1, 0.15) is 0 Å². The summed E-state index contributed by atoms with van der Waals surface area (Å²) in [6.45, 7) is 7.02. The van der Waals surface area contributed by atoms with E-state index in [4.69, 9.17) is 0 Å². The molecule has 0 aromatic heterocycles. The minimum absolute atomic E-state index is 0.986. The van der Waals surface area contributed by atoms with Gasteiger partial charge in [-0.25, -0.2) is 0 Å². The van der Waals surface area contributed by atoms with Crippen molar-refractivity contribution in [1.29, 1.82) is 0 Å². The molecule has 41 heavy (non-hydrogen) atoms. The Kier molecular flexibility index (Phi) is 18.5. The molecule has 2 aliphatic rings. The summed E-state index contributed by atoms with van der Waals surface area (Å²) in [5, 5.41) is 0. The van der Waals surface area contributed by atoms with E-state index in [2.05, 4.69) is 39.0 Å². The molecule has 0 aliphatic heterocycles. The van der Waals surface area contributed by atoms with E-state index in [1.807, 2.05) is 0 Å². The van der Waals surface area contributed by atoms with Crippen molar-refractivity contribution in [2.24, 2.45) is 23.7 Å². The molecule has 0 heterocycles. The van der Waals surface area contributed by atoms with Crippen molar-refractivity contribution in [2.45, 2.75) is 201 Å². The van der Waals surface area contributed by atoms with E-state index < -0.39 is 0 Å². The van der Waals surface area contributed by atoms with Gasteiger partial charge >= 0.3 is 0 Å². The molecule has 2 fully saturated rings. The maximum atomic E-state index is 2.54. The summed E-state index contributed by atoms with van der Waals surface area (Å²) in [4.78, 5) is 0. The average molecular weight is 565 g/mol. The molecule has 0 N–H and O–H groups in total. The smallest absolute Gasteiger partial charge is 0.0274 e. The van der Waals surface area contributed by atoms with Gasteiger partial charge in [0.25, 0.3) is 0 Å². The lowest BCUT2D eigenvalue weighted by Crippen LogP contribution is -2.15. The van der Waals surface area contributed by atoms with Crippen LogP contribution in [0.5, 0.6) is 0 Å². The first kappa shape index (κ1) is 34.7. The Morgan fingerprint density at radius 2 is 0.854 bits per heavy atom. The Morgan fingerprint density at radius 1 is 0.463 bits per heavy atom. The zero-order valence-electron chi connectivity index (χ0n) is 28.3. The number of rotatable bonds is 22. The topological polar surface area (TPSA) is 0 Å². The molecule has 0 spiro atoms. The number of hydrogen-bond donors (Lipinski definition) is 0. The van der Waals surface area contributed by atoms with Crippen LogP contribution >= 0.6 is 0 Å². The van der Waals surface area contributed by atoms with E-state index >= 15 is 0 Å². The van der Waals surface area contributed by atoms with Crippen molar-refractivity contribution in [3.63, 3.8) is 0 Å². The van der Waals surface area contributed by atoms with Gasteiger partial charge < -0.3 is 0 Å². The predicted octanol–water partition coefficient (Wildman–Crippen LogP) is 13.8. The fourth-order valence-corrected chi connectivity index (χ4v) is 8.32. The zero-order valence-corrected chi connectivity index (χ0v) is 28.3. The Morgan fingerprint density at radius 3 is 1.29 bits per heavy atom. The SMILES string of the molecule is CCCCCCCCCC1CCC(CCc2ccc(CCC3CCC(CCCCCCCCC)CC3)c(C)c2)CC1. The molecule has 0 atom stereocenters. The summed E-state index contributed by atoms with van der Waals surface area (Å²) in [6, 6.07) is 7.52. The van der Waals surface area contributed by atoms with E-state index in [1.54, 1.807) is 16.7 Å². The molecule has 0 heteroatoms. The molecule has 0 radical (unpaired) electrons. The Hall–Kier alpha value is -0.780. The van der Waals surface area contributed by atoms with Crippen LogP contribution in [0.2, 0.25) is 0 Å². The van der Waals surface area contributed by atoms with Gasteiger partial charge in [-0.15, -0.1) is 0 Å². The number of hydrogen-bond acceptors (Lipinski definition) is 0. The number of unbranched alkanes of at least 4 members (excludes halogenated alkanes) is 12. The average Bonchev–Trinajstić information content (AvgIpc) is 3.00. The van der Waals surface area contributed by atoms with Crippen molar-refractivity contribution in [2.75, 3.05) is 0 Å². The van der Waals surface area contributed by atoms with Gasteiger partial charge in [0.2, 0.25) is 0 Å². The third-order valence-electron chi connectivity index (χ3n) is 11.4. The lowest BCUT2D eigenvalue weighted by atomic mass is 9.77. The summed E-state index contributed by atoms with van der Waals surface area (Å²) < 4.78 is 0. The van der Waals surface area contributed by atoms with E-state index in [-0.39, 0.29) is 0 Å². The molecule has 0 saturated heterocycles. The van der Waals surface area contributed by atoms with Gasteiger partial charge in [0.15, 0.2) is 0 Å². The van der Waals surface area contributed by atoms with Crippen molar-refractivity contribution < 1.29 is 0 Å². The normalized spacial score (nSPS) is 23.2. The maximum Gasteiger partial charge on any atom is -0.0274 e. The Bertz CT molecular complexity index is 745. The molecule has 0 nitrogen and oxygen atoms in total. The minimum atomic E-state index is 0.986.